The Labute approximate surface area is 51.2 Å². The minimum atomic E-state index is -0.289. The first-order valence-electron chi connectivity index (χ1n) is 2.12. The maximum atomic E-state index is 10.1. The summed E-state index contributed by atoms with van der Waals surface area (Å²) in [6, 6.07) is 0. The lowest BCUT2D eigenvalue weighted by Crippen LogP contribution is -2.21. The van der Waals surface area contributed by atoms with E-state index in [0.29, 0.717) is 0 Å². The molecule has 7 heavy (non-hydrogen) atoms. The summed E-state index contributed by atoms with van der Waals surface area (Å²) in [4.78, 5) is 9.96. The number of halogens is 1. The lowest BCUT2D eigenvalue weighted by atomic mass is 10.3. The van der Waals surface area contributed by atoms with Crippen LogP contribution in [0.25, 0.3) is 0 Å². The molecule has 0 aromatic rings. The van der Waals surface area contributed by atoms with Crippen LogP contribution in [0.15, 0.2) is 0 Å². The molecule has 0 bridgehead atoms. The molecule has 2 nitrogen and oxygen atoms in total. The Morgan fingerprint density at radius 1 is 2.00 bits per heavy atom. The van der Waals surface area contributed by atoms with Crippen LogP contribution in [-0.4, -0.2) is 10.7 Å². The molecule has 0 unspecified atom stereocenters. The highest BCUT2D eigenvalue weighted by atomic mass is 79.9. The molecule has 0 saturated heterocycles. The molecule has 1 amide bonds. The molecule has 0 fully saturated rings. The van der Waals surface area contributed by atoms with Gasteiger partial charge in [0.25, 0.3) is 0 Å². The molecule has 0 aromatic heterocycles. The Morgan fingerprint density at radius 2 is 2.43 bits per heavy atom. The first kappa shape index (κ1) is 6.95. The van der Waals surface area contributed by atoms with Crippen LogP contribution < -0.4 is 5.73 Å². The van der Waals surface area contributed by atoms with Gasteiger partial charge >= 0.3 is 0 Å². The largest absolute Gasteiger partial charge is 0.369 e. The highest BCUT2D eigenvalue weighted by molar-refractivity contribution is 9.10. The first-order chi connectivity index (χ1) is 3.18. The summed E-state index contributed by atoms with van der Waals surface area (Å²) in [5, 5.41) is 0. The molecule has 0 heterocycles. The maximum Gasteiger partial charge on any atom is 0.231 e. The number of nitrogens with two attached hydrogens (primary N) is 1. The molecular weight excluding hydrogens is 158 g/mol. The normalized spacial score (nSPS) is 13.4. The lowest BCUT2D eigenvalue weighted by molar-refractivity contribution is -0.117. The summed E-state index contributed by atoms with van der Waals surface area (Å²) in [7, 11) is 0. The molecule has 0 saturated carbocycles. The van der Waals surface area contributed by atoms with E-state index in [0.717, 1.165) is 6.42 Å². The fourth-order valence-corrected chi connectivity index (χ4v) is 0.201. The van der Waals surface area contributed by atoms with Gasteiger partial charge in [0.1, 0.15) is 0 Å². The van der Waals surface area contributed by atoms with Crippen molar-refractivity contribution >= 4 is 21.8 Å². The fraction of sp³-hybridized carbons (Fsp3) is 0.750. The SMILES string of the molecule is CC[C@@H](Br)C(N)=O. The molecule has 0 rings (SSSR count). The molecule has 42 valence electrons. The zero-order valence-electron chi connectivity index (χ0n) is 4.15. The lowest BCUT2D eigenvalue weighted by Gasteiger charge is -1.95. The number of alkyl halides is 1. The van der Waals surface area contributed by atoms with Gasteiger partial charge in [0.2, 0.25) is 5.91 Å². The van der Waals surface area contributed by atoms with Crippen molar-refractivity contribution in [2.45, 2.75) is 18.2 Å². The van der Waals surface area contributed by atoms with Gasteiger partial charge in [-0.1, -0.05) is 22.9 Å². The quantitative estimate of drug-likeness (QED) is 0.601. The number of carbonyl (C=O) groups excluding carboxylic acids is 1. The van der Waals surface area contributed by atoms with Gasteiger partial charge in [-0.15, -0.1) is 0 Å². The fourth-order valence-electron chi connectivity index (χ4n) is 0.201. The van der Waals surface area contributed by atoms with Crippen LogP contribution in [0.3, 0.4) is 0 Å². The van der Waals surface area contributed by atoms with Crippen LogP contribution in [0.5, 0.6) is 0 Å². The van der Waals surface area contributed by atoms with Crippen LogP contribution in [0.1, 0.15) is 13.3 Å². The third kappa shape index (κ3) is 2.62. The summed E-state index contributed by atoms with van der Waals surface area (Å²) >= 11 is 3.07. The average molecular weight is 166 g/mol. The second kappa shape index (κ2) is 3.02. The van der Waals surface area contributed by atoms with E-state index in [1.54, 1.807) is 0 Å². The van der Waals surface area contributed by atoms with Gasteiger partial charge in [-0.25, -0.2) is 0 Å². The monoisotopic (exact) mass is 165 g/mol. The van der Waals surface area contributed by atoms with Crippen molar-refractivity contribution in [3.63, 3.8) is 0 Å². The first-order valence-corrected chi connectivity index (χ1v) is 3.03. The summed E-state index contributed by atoms with van der Waals surface area (Å²) in [5.41, 5.74) is 4.86. The van der Waals surface area contributed by atoms with Crippen molar-refractivity contribution in [3.05, 3.63) is 0 Å². The molecule has 0 radical (unpaired) electrons. The number of hydrogen-bond acceptors (Lipinski definition) is 1. The van der Waals surface area contributed by atoms with Gasteiger partial charge in [-0.3, -0.25) is 4.79 Å². The molecule has 2 N–H and O–H groups in total. The minimum Gasteiger partial charge on any atom is -0.369 e. The van der Waals surface area contributed by atoms with Crippen LogP contribution in [0, 0.1) is 0 Å². The van der Waals surface area contributed by atoms with E-state index in [1.807, 2.05) is 6.92 Å². The van der Waals surface area contributed by atoms with E-state index in [2.05, 4.69) is 15.9 Å². The molecule has 0 aliphatic carbocycles. The van der Waals surface area contributed by atoms with Gasteiger partial charge < -0.3 is 5.73 Å². The highest BCUT2D eigenvalue weighted by Gasteiger charge is 2.04. The Morgan fingerprint density at radius 3 is 2.43 bits per heavy atom. The van der Waals surface area contributed by atoms with E-state index in [-0.39, 0.29) is 10.7 Å². The third-order valence-corrected chi connectivity index (χ3v) is 1.77. The van der Waals surface area contributed by atoms with Gasteiger partial charge in [0.05, 0.1) is 4.83 Å². The van der Waals surface area contributed by atoms with Crippen molar-refractivity contribution < 1.29 is 4.79 Å². The van der Waals surface area contributed by atoms with Crippen molar-refractivity contribution in [3.8, 4) is 0 Å². The minimum absolute atomic E-state index is 0.146. The predicted octanol–water partition coefficient (Wildman–Crippen LogP) is 0.645. The second-order valence-electron chi connectivity index (χ2n) is 1.28. The highest BCUT2D eigenvalue weighted by Crippen LogP contribution is 2.00. The van der Waals surface area contributed by atoms with Crippen LogP contribution in [0.4, 0.5) is 0 Å². The molecule has 3 heteroatoms. The van der Waals surface area contributed by atoms with Gasteiger partial charge in [0, 0.05) is 0 Å². The Balaban J connectivity index is 3.34. The van der Waals surface area contributed by atoms with E-state index < -0.39 is 0 Å². The maximum absolute atomic E-state index is 10.1. The summed E-state index contributed by atoms with van der Waals surface area (Å²) in [5.74, 6) is -0.289. The third-order valence-electron chi connectivity index (χ3n) is 0.667. The van der Waals surface area contributed by atoms with Crippen LogP contribution in [0.2, 0.25) is 0 Å². The van der Waals surface area contributed by atoms with E-state index in [9.17, 15) is 4.79 Å². The van der Waals surface area contributed by atoms with E-state index in [4.69, 9.17) is 5.73 Å². The second-order valence-corrected chi connectivity index (χ2v) is 2.38. The number of carbonyl (C=O) groups is 1. The van der Waals surface area contributed by atoms with Crippen LogP contribution in [-0.2, 0) is 4.79 Å². The Bertz CT molecular complexity index is 74.1. The summed E-state index contributed by atoms with van der Waals surface area (Å²) in [6.45, 7) is 1.89. The van der Waals surface area contributed by atoms with Gasteiger partial charge in [-0.05, 0) is 6.42 Å². The summed E-state index contributed by atoms with van der Waals surface area (Å²) in [6.07, 6.45) is 0.759. The van der Waals surface area contributed by atoms with Crippen molar-refractivity contribution in [2.75, 3.05) is 0 Å². The molecule has 0 aromatic carbocycles. The van der Waals surface area contributed by atoms with Crippen molar-refractivity contribution in [1.29, 1.82) is 0 Å². The van der Waals surface area contributed by atoms with Crippen molar-refractivity contribution in [2.24, 2.45) is 5.73 Å². The number of rotatable bonds is 2. The average Bonchev–Trinajstić information content (AvgIpc) is 1.65. The predicted molar refractivity (Wildman–Crippen MR) is 32.2 cm³/mol. The zero-order valence-corrected chi connectivity index (χ0v) is 5.73. The van der Waals surface area contributed by atoms with Gasteiger partial charge in [0.15, 0.2) is 0 Å². The standard InChI is InChI=1S/C4H8BrNO/c1-2-3(5)4(6)7/h3H,2H2,1H3,(H2,6,7)/t3-/m1/s1. The van der Waals surface area contributed by atoms with E-state index >= 15 is 0 Å². The Hall–Kier alpha value is -0.0500. The van der Waals surface area contributed by atoms with Crippen molar-refractivity contribution in [1.82, 2.24) is 0 Å². The topological polar surface area (TPSA) is 43.1 Å². The molecule has 0 spiro atoms. The molecule has 1 atom stereocenters. The Kier molecular flexibility index (Phi) is 3.00. The summed E-state index contributed by atoms with van der Waals surface area (Å²) < 4.78 is 0. The molecule has 0 aliphatic rings. The number of primary amides is 1. The van der Waals surface area contributed by atoms with Crippen LogP contribution >= 0.6 is 15.9 Å². The van der Waals surface area contributed by atoms with Gasteiger partial charge in [-0.2, -0.15) is 0 Å². The zero-order chi connectivity index (χ0) is 5.86. The smallest absolute Gasteiger partial charge is 0.231 e. The van der Waals surface area contributed by atoms with E-state index in [1.165, 1.54) is 0 Å². The number of hydrogen-bond donors (Lipinski definition) is 1. The molecular formula is C4H8BrNO. The number of amides is 1. The molecule has 0 aliphatic heterocycles.